The minimum atomic E-state index is -0.243. The quantitative estimate of drug-likeness (QED) is 0.669. The summed E-state index contributed by atoms with van der Waals surface area (Å²) < 4.78 is 0. The molecule has 3 aromatic rings. The molecule has 1 aromatic carbocycles. The summed E-state index contributed by atoms with van der Waals surface area (Å²) in [6.07, 6.45) is 2.12. The van der Waals surface area contributed by atoms with E-state index in [1.54, 1.807) is 0 Å². The van der Waals surface area contributed by atoms with E-state index in [1.807, 2.05) is 42.6 Å². The van der Waals surface area contributed by atoms with Crippen molar-refractivity contribution in [2.75, 3.05) is 5.32 Å². The van der Waals surface area contributed by atoms with E-state index >= 15 is 0 Å². The average Bonchev–Trinajstić information content (AvgIpc) is 3.25. The summed E-state index contributed by atoms with van der Waals surface area (Å²) in [6, 6.07) is 9.89. The van der Waals surface area contributed by atoms with Crippen molar-refractivity contribution in [3.8, 4) is 11.3 Å². The predicted octanol–water partition coefficient (Wildman–Crippen LogP) is 3.44. The molecule has 0 bridgehead atoms. The van der Waals surface area contributed by atoms with E-state index in [2.05, 4.69) is 25.5 Å². The molecule has 0 aliphatic heterocycles. The number of hydrogen-bond donors (Lipinski definition) is 2. The lowest BCUT2D eigenvalue weighted by Crippen LogP contribution is -2.24. The molecule has 0 aliphatic rings. The zero-order chi connectivity index (χ0) is 16.1. The van der Waals surface area contributed by atoms with E-state index in [9.17, 15) is 4.79 Å². The Morgan fingerprint density at radius 1 is 1.39 bits per heavy atom. The number of thioether (sulfide) groups is 1. The van der Waals surface area contributed by atoms with E-state index in [0.29, 0.717) is 16.7 Å². The molecular weight excluding hydrogens is 330 g/mol. The molecule has 0 fully saturated rings. The summed E-state index contributed by atoms with van der Waals surface area (Å²) >= 11 is 2.78. The van der Waals surface area contributed by atoms with Crippen molar-refractivity contribution in [2.24, 2.45) is 0 Å². The van der Waals surface area contributed by atoms with Crippen LogP contribution in [0.5, 0.6) is 0 Å². The number of nitrogens with zero attached hydrogens (tertiary/aromatic N) is 3. The van der Waals surface area contributed by atoms with Crippen molar-refractivity contribution < 1.29 is 4.79 Å². The number of anilines is 1. The lowest BCUT2D eigenvalue weighted by atomic mass is 10.2. The van der Waals surface area contributed by atoms with Gasteiger partial charge in [-0.3, -0.25) is 9.89 Å². The van der Waals surface area contributed by atoms with E-state index in [-0.39, 0.29) is 11.2 Å². The van der Waals surface area contributed by atoms with Crippen LogP contribution in [0.3, 0.4) is 0 Å². The van der Waals surface area contributed by atoms with Gasteiger partial charge >= 0.3 is 0 Å². The van der Waals surface area contributed by atoms with Gasteiger partial charge in [0.05, 0.1) is 10.9 Å². The van der Waals surface area contributed by atoms with Gasteiger partial charge in [0.2, 0.25) is 5.91 Å². The molecule has 2 N–H and O–H groups in total. The van der Waals surface area contributed by atoms with Gasteiger partial charge in [-0.1, -0.05) is 49.0 Å². The van der Waals surface area contributed by atoms with Crippen molar-refractivity contribution in [1.82, 2.24) is 20.2 Å². The molecule has 23 heavy (non-hydrogen) atoms. The SMILES string of the molecule is CCC(Sc1ncn[nH]1)C(=O)Nc1nc(-c2ccccc2)cs1. The summed E-state index contributed by atoms with van der Waals surface area (Å²) in [7, 11) is 0. The van der Waals surface area contributed by atoms with E-state index in [0.717, 1.165) is 11.3 Å². The Morgan fingerprint density at radius 2 is 2.22 bits per heavy atom. The molecule has 0 saturated heterocycles. The highest BCUT2D eigenvalue weighted by Gasteiger charge is 2.20. The number of H-pyrrole nitrogens is 1. The summed E-state index contributed by atoms with van der Waals surface area (Å²) in [5.41, 5.74) is 1.90. The number of aromatic amines is 1. The fourth-order valence-corrected chi connectivity index (χ4v) is 3.50. The average molecular weight is 345 g/mol. The number of rotatable bonds is 6. The maximum atomic E-state index is 12.4. The predicted molar refractivity (Wildman–Crippen MR) is 92.5 cm³/mol. The number of carbonyl (C=O) groups excluding carboxylic acids is 1. The van der Waals surface area contributed by atoms with Crippen LogP contribution in [-0.4, -0.2) is 31.3 Å². The molecule has 0 radical (unpaired) electrons. The fourth-order valence-electron chi connectivity index (χ4n) is 1.97. The first-order valence-electron chi connectivity index (χ1n) is 7.10. The van der Waals surface area contributed by atoms with Gasteiger partial charge in [0, 0.05) is 10.9 Å². The summed E-state index contributed by atoms with van der Waals surface area (Å²) in [6.45, 7) is 1.96. The van der Waals surface area contributed by atoms with Crippen LogP contribution in [0.1, 0.15) is 13.3 Å². The zero-order valence-electron chi connectivity index (χ0n) is 12.4. The number of benzene rings is 1. The van der Waals surface area contributed by atoms with Gasteiger partial charge in [-0.25, -0.2) is 9.97 Å². The van der Waals surface area contributed by atoms with Crippen molar-refractivity contribution in [3.05, 3.63) is 42.0 Å². The third-order valence-electron chi connectivity index (χ3n) is 3.11. The normalized spacial score (nSPS) is 12.0. The molecule has 1 atom stereocenters. The Balaban J connectivity index is 1.66. The fraction of sp³-hybridized carbons (Fsp3) is 0.200. The molecule has 0 aliphatic carbocycles. The van der Waals surface area contributed by atoms with Crippen LogP contribution in [0.2, 0.25) is 0 Å². The highest BCUT2D eigenvalue weighted by molar-refractivity contribution is 8.00. The Morgan fingerprint density at radius 3 is 2.91 bits per heavy atom. The number of amides is 1. The Hall–Kier alpha value is -2.19. The van der Waals surface area contributed by atoms with Crippen molar-refractivity contribution in [1.29, 1.82) is 0 Å². The molecule has 1 unspecified atom stereocenters. The van der Waals surface area contributed by atoms with Gasteiger partial charge in [0.25, 0.3) is 0 Å². The molecule has 3 rings (SSSR count). The lowest BCUT2D eigenvalue weighted by molar-refractivity contribution is -0.115. The van der Waals surface area contributed by atoms with Crippen LogP contribution in [0.25, 0.3) is 11.3 Å². The van der Waals surface area contributed by atoms with Crippen LogP contribution in [0.15, 0.2) is 47.2 Å². The molecule has 0 saturated carbocycles. The van der Waals surface area contributed by atoms with E-state index in [4.69, 9.17) is 0 Å². The highest BCUT2D eigenvalue weighted by atomic mass is 32.2. The van der Waals surface area contributed by atoms with E-state index in [1.165, 1.54) is 29.4 Å². The van der Waals surface area contributed by atoms with Gasteiger partial charge in [-0.2, -0.15) is 5.10 Å². The first-order chi connectivity index (χ1) is 11.3. The molecule has 1 amide bonds. The summed E-state index contributed by atoms with van der Waals surface area (Å²) in [5, 5.41) is 12.4. The smallest absolute Gasteiger partial charge is 0.239 e. The van der Waals surface area contributed by atoms with Crippen molar-refractivity contribution >= 4 is 34.1 Å². The van der Waals surface area contributed by atoms with Crippen LogP contribution in [0.4, 0.5) is 5.13 Å². The number of aromatic nitrogens is 4. The van der Waals surface area contributed by atoms with Gasteiger partial charge in [0.1, 0.15) is 6.33 Å². The summed E-state index contributed by atoms with van der Waals surface area (Å²) in [5.74, 6) is -0.0807. The molecule has 2 aromatic heterocycles. The highest BCUT2D eigenvalue weighted by Crippen LogP contribution is 2.27. The van der Waals surface area contributed by atoms with Crippen LogP contribution >= 0.6 is 23.1 Å². The molecule has 118 valence electrons. The Labute approximate surface area is 141 Å². The third-order valence-corrected chi connectivity index (χ3v) is 5.12. The zero-order valence-corrected chi connectivity index (χ0v) is 14.0. The molecule has 6 nitrogen and oxygen atoms in total. The minimum Gasteiger partial charge on any atom is -0.301 e. The number of nitrogens with one attached hydrogen (secondary N) is 2. The lowest BCUT2D eigenvalue weighted by Gasteiger charge is -2.11. The number of thiazole rings is 1. The number of carbonyl (C=O) groups is 1. The monoisotopic (exact) mass is 345 g/mol. The largest absolute Gasteiger partial charge is 0.301 e. The van der Waals surface area contributed by atoms with Gasteiger partial charge in [-0.05, 0) is 6.42 Å². The first-order valence-corrected chi connectivity index (χ1v) is 8.86. The first kappa shape index (κ1) is 15.7. The van der Waals surface area contributed by atoms with Crippen LogP contribution < -0.4 is 5.32 Å². The maximum Gasteiger partial charge on any atom is 0.239 e. The molecular formula is C15H15N5OS2. The number of hydrogen-bond acceptors (Lipinski definition) is 6. The van der Waals surface area contributed by atoms with Crippen molar-refractivity contribution in [2.45, 2.75) is 23.8 Å². The Bertz CT molecular complexity index is 757. The van der Waals surface area contributed by atoms with Crippen LogP contribution in [-0.2, 0) is 4.79 Å². The maximum absolute atomic E-state index is 12.4. The van der Waals surface area contributed by atoms with Crippen molar-refractivity contribution in [3.63, 3.8) is 0 Å². The minimum absolute atomic E-state index is 0.0807. The Kier molecular flexibility index (Phi) is 5.04. The molecule has 8 heteroatoms. The second kappa shape index (κ2) is 7.38. The second-order valence-electron chi connectivity index (χ2n) is 4.70. The van der Waals surface area contributed by atoms with Crippen LogP contribution in [0, 0.1) is 0 Å². The third kappa shape index (κ3) is 3.96. The summed E-state index contributed by atoms with van der Waals surface area (Å²) in [4.78, 5) is 20.9. The molecule has 0 spiro atoms. The second-order valence-corrected chi connectivity index (χ2v) is 6.75. The van der Waals surface area contributed by atoms with E-state index < -0.39 is 0 Å². The molecule has 2 heterocycles. The van der Waals surface area contributed by atoms with Gasteiger partial charge in [0.15, 0.2) is 10.3 Å². The topological polar surface area (TPSA) is 83.6 Å². The van der Waals surface area contributed by atoms with Gasteiger partial charge < -0.3 is 5.32 Å². The standard InChI is InChI=1S/C15H15N5OS2/c1-2-12(23-14-16-9-17-20-14)13(21)19-15-18-11(8-22-15)10-6-4-3-5-7-10/h3-9,12H,2H2,1H3,(H,16,17,20)(H,18,19,21). The van der Waals surface area contributed by atoms with Gasteiger partial charge in [-0.15, -0.1) is 11.3 Å².